The molecular weight excluding hydrogens is 418 g/mol. The van der Waals surface area contributed by atoms with E-state index < -0.39 is 6.10 Å². The molecule has 0 bridgehead atoms. The summed E-state index contributed by atoms with van der Waals surface area (Å²) in [5.41, 5.74) is 2.91. The number of carbonyl (C=O) groups excluding carboxylic acids is 1. The summed E-state index contributed by atoms with van der Waals surface area (Å²) in [4.78, 5) is 17.4. The fourth-order valence-electron chi connectivity index (χ4n) is 3.72. The standard InChI is InChI=1S/C23H28ClN3O4/c1-17(31-20-5-2-18(24)3-6-20)23(28)25-21-7-4-19(26-8-12-29-13-9-26)16-22(21)27-10-14-30-15-11-27/h2-7,16-17H,8-15H2,1H3,(H,25,28). The van der Waals surface area contributed by atoms with Gasteiger partial charge in [-0.15, -0.1) is 0 Å². The van der Waals surface area contributed by atoms with Crippen LogP contribution in [-0.4, -0.2) is 64.6 Å². The van der Waals surface area contributed by atoms with Crippen molar-refractivity contribution in [3.8, 4) is 5.75 Å². The lowest BCUT2D eigenvalue weighted by atomic mass is 10.1. The minimum atomic E-state index is -0.655. The molecule has 7 nitrogen and oxygen atoms in total. The molecule has 2 aromatic carbocycles. The summed E-state index contributed by atoms with van der Waals surface area (Å²) in [7, 11) is 0. The maximum atomic E-state index is 12.9. The summed E-state index contributed by atoms with van der Waals surface area (Å²) in [6.45, 7) is 7.83. The van der Waals surface area contributed by atoms with Gasteiger partial charge >= 0.3 is 0 Å². The molecule has 166 valence electrons. The Kier molecular flexibility index (Phi) is 7.17. The first-order valence-electron chi connectivity index (χ1n) is 10.6. The Balaban J connectivity index is 1.51. The van der Waals surface area contributed by atoms with Crippen molar-refractivity contribution in [3.05, 3.63) is 47.5 Å². The van der Waals surface area contributed by atoms with Crippen LogP contribution >= 0.6 is 11.6 Å². The van der Waals surface area contributed by atoms with Crippen molar-refractivity contribution in [2.24, 2.45) is 0 Å². The SMILES string of the molecule is CC(Oc1ccc(Cl)cc1)C(=O)Nc1ccc(N2CCOCC2)cc1N1CCOCC1. The number of carbonyl (C=O) groups is 1. The van der Waals surface area contributed by atoms with E-state index in [2.05, 4.69) is 27.2 Å². The van der Waals surface area contributed by atoms with Crippen LogP contribution in [-0.2, 0) is 14.3 Å². The molecule has 1 unspecified atom stereocenters. The number of anilines is 3. The second-order valence-electron chi connectivity index (χ2n) is 7.60. The van der Waals surface area contributed by atoms with Crippen molar-refractivity contribution in [1.82, 2.24) is 0 Å². The highest BCUT2D eigenvalue weighted by atomic mass is 35.5. The molecule has 2 aliphatic rings. The fourth-order valence-corrected chi connectivity index (χ4v) is 3.84. The molecule has 0 aliphatic carbocycles. The van der Waals surface area contributed by atoms with E-state index >= 15 is 0 Å². The van der Waals surface area contributed by atoms with Crippen LogP contribution in [0.3, 0.4) is 0 Å². The molecule has 8 heteroatoms. The number of nitrogens with zero attached hydrogens (tertiary/aromatic N) is 2. The molecule has 2 aromatic rings. The summed E-state index contributed by atoms with van der Waals surface area (Å²) in [6, 6.07) is 13.2. The fraction of sp³-hybridized carbons (Fsp3) is 0.435. The third kappa shape index (κ3) is 5.61. The first-order valence-corrected chi connectivity index (χ1v) is 11.0. The number of hydrogen-bond acceptors (Lipinski definition) is 6. The lowest BCUT2D eigenvalue weighted by Crippen LogP contribution is -2.38. The Bertz CT molecular complexity index is 881. The zero-order valence-corrected chi connectivity index (χ0v) is 18.4. The van der Waals surface area contributed by atoms with E-state index in [1.165, 1.54) is 0 Å². The highest BCUT2D eigenvalue weighted by Crippen LogP contribution is 2.32. The summed E-state index contributed by atoms with van der Waals surface area (Å²) in [5.74, 6) is 0.395. The highest BCUT2D eigenvalue weighted by Gasteiger charge is 2.22. The van der Waals surface area contributed by atoms with E-state index in [-0.39, 0.29) is 5.91 Å². The van der Waals surface area contributed by atoms with Gasteiger partial charge in [0, 0.05) is 36.9 Å². The number of hydrogen-bond donors (Lipinski definition) is 1. The Morgan fingerprint density at radius 1 is 0.968 bits per heavy atom. The van der Waals surface area contributed by atoms with Gasteiger partial charge in [0.2, 0.25) is 0 Å². The molecule has 4 rings (SSSR count). The normalized spacial score (nSPS) is 17.9. The molecule has 0 saturated carbocycles. The highest BCUT2D eigenvalue weighted by molar-refractivity contribution is 6.30. The molecule has 1 atom stereocenters. The van der Waals surface area contributed by atoms with Crippen molar-refractivity contribution in [2.75, 3.05) is 67.7 Å². The summed E-state index contributed by atoms with van der Waals surface area (Å²) < 4.78 is 16.8. The Labute approximate surface area is 187 Å². The maximum absolute atomic E-state index is 12.9. The Hall–Kier alpha value is -2.48. The van der Waals surface area contributed by atoms with Crippen LogP contribution in [0, 0.1) is 0 Å². The zero-order chi connectivity index (χ0) is 21.6. The van der Waals surface area contributed by atoms with Crippen LogP contribution in [0.4, 0.5) is 17.1 Å². The number of morpholine rings is 2. The first-order chi connectivity index (χ1) is 15.1. The van der Waals surface area contributed by atoms with Gasteiger partial charge < -0.3 is 29.3 Å². The lowest BCUT2D eigenvalue weighted by molar-refractivity contribution is -0.122. The van der Waals surface area contributed by atoms with Crippen LogP contribution in [0.25, 0.3) is 0 Å². The lowest BCUT2D eigenvalue weighted by Gasteiger charge is -2.33. The van der Waals surface area contributed by atoms with Gasteiger partial charge in [-0.2, -0.15) is 0 Å². The molecule has 0 radical (unpaired) electrons. The van der Waals surface area contributed by atoms with Crippen molar-refractivity contribution in [1.29, 1.82) is 0 Å². The number of rotatable bonds is 6. The average Bonchev–Trinajstić information content (AvgIpc) is 2.82. The predicted molar refractivity (Wildman–Crippen MR) is 123 cm³/mol. The molecule has 1 N–H and O–H groups in total. The minimum absolute atomic E-state index is 0.205. The van der Waals surface area contributed by atoms with Crippen molar-refractivity contribution >= 4 is 34.6 Å². The van der Waals surface area contributed by atoms with E-state index in [0.717, 1.165) is 56.5 Å². The van der Waals surface area contributed by atoms with E-state index in [1.807, 2.05) is 6.07 Å². The van der Waals surface area contributed by atoms with Crippen LogP contribution in [0.2, 0.25) is 5.02 Å². The molecular formula is C23H28ClN3O4. The molecule has 1 amide bonds. The van der Waals surface area contributed by atoms with Gasteiger partial charge in [-0.3, -0.25) is 4.79 Å². The number of nitrogens with one attached hydrogen (secondary N) is 1. The number of benzene rings is 2. The van der Waals surface area contributed by atoms with Crippen LogP contribution in [0.1, 0.15) is 6.92 Å². The van der Waals surface area contributed by atoms with Crippen LogP contribution in [0.15, 0.2) is 42.5 Å². The Morgan fingerprint density at radius 3 is 2.23 bits per heavy atom. The molecule has 2 saturated heterocycles. The molecule has 2 aliphatic heterocycles. The van der Waals surface area contributed by atoms with Gasteiger partial charge in [0.05, 0.1) is 37.8 Å². The monoisotopic (exact) mass is 445 g/mol. The third-order valence-corrected chi connectivity index (χ3v) is 5.71. The number of halogens is 1. The van der Waals surface area contributed by atoms with Crippen molar-refractivity contribution < 1.29 is 19.0 Å². The quantitative estimate of drug-likeness (QED) is 0.735. The molecule has 31 heavy (non-hydrogen) atoms. The minimum Gasteiger partial charge on any atom is -0.481 e. The van der Waals surface area contributed by atoms with Gasteiger partial charge in [-0.05, 0) is 49.4 Å². The van der Waals surface area contributed by atoms with Gasteiger partial charge in [0.15, 0.2) is 6.10 Å². The van der Waals surface area contributed by atoms with Crippen LogP contribution < -0.4 is 19.9 Å². The summed E-state index contributed by atoms with van der Waals surface area (Å²) in [5, 5.41) is 3.68. The first kappa shape index (κ1) is 21.7. The average molecular weight is 446 g/mol. The van der Waals surface area contributed by atoms with Gasteiger partial charge in [-0.25, -0.2) is 0 Å². The summed E-state index contributed by atoms with van der Waals surface area (Å²) in [6.07, 6.45) is -0.655. The van der Waals surface area contributed by atoms with Gasteiger partial charge in [0.25, 0.3) is 5.91 Å². The number of amides is 1. The second kappa shape index (κ2) is 10.2. The zero-order valence-electron chi connectivity index (χ0n) is 17.7. The Morgan fingerprint density at radius 2 is 1.58 bits per heavy atom. The predicted octanol–water partition coefficient (Wildman–Crippen LogP) is 3.42. The van der Waals surface area contributed by atoms with Crippen molar-refractivity contribution in [2.45, 2.75) is 13.0 Å². The van der Waals surface area contributed by atoms with E-state index in [4.69, 9.17) is 25.8 Å². The summed E-state index contributed by atoms with van der Waals surface area (Å²) >= 11 is 5.92. The molecule has 0 aromatic heterocycles. The van der Waals surface area contributed by atoms with Gasteiger partial charge in [0.1, 0.15) is 5.75 Å². The van der Waals surface area contributed by atoms with E-state index in [9.17, 15) is 4.79 Å². The second-order valence-corrected chi connectivity index (χ2v) is 8.04. The van der Waals surface area contributed by atoms with E-state index in [1.54, 1.807) is 31.2 Å². The largest absolute Gasteiger partial charge is 0.481 e. The maximum Gasteiger partial charge on any atom is 0.265 e. The molecule has 2 fully saturated rings. The van der Waals surface area contributed by atoms with Crippen LogP contribution in [0.5, 0.6) is 5.75 Å². The topological polar surface area (TPSA) is 63.3 Å². The van der Waals surface area contributed by atoms with Crippen molar-refractivity contribution in [3.63, 3.8) is 0 Å². The third-order valence-electron chi connectivity index (χ3n) is 5.46. The smallest absolute Gasteiger partial charge is 0.265 e. The van der Waals surface area contributed by atoms with Gasteiger partial charge in [-0.1, -0.05) is 11.6 Å². The molecule has 2 heterocycles. The molecule has 0 spiro atoms. The number of ether oxygens (including phenoxy) is 3. The van der Waals surface area contributed by atoms with E-state index in [0.29, 0.717) is 24.0 Å².